The van der Waals surface area contributed by atoms with Gasteiger partial charge in [-0.2, -0.15) is 0 Å². The number of halogens is 2. The van der Waals surface area contributed by atoms with E-state index in [0.717, 1.165) is 12.8 Å². The molecule has 2 bridgehead atoms. The lowest BCUT2D eigenvalue weighted by Crippen LogP contribution is -2.38. The number of hydrogen-bond donors (Lipinski definition) is 0. The number of allylic oxidation sites excluding steroid dienone is 2. The Morgan fingerprint density at radius 2 is 1.95 bits per heavy atom. The second kappa shape index (κ2) is 4.34. The SMILES string of the molecule is O=C1C[C@@]2(C[C@@H]3C=C[C@@H]2C3)C(=O)N1c1ccc(Cl)c(Cl)c1. The molecule has 1 aromatic carbocycles. The van der Waals surface area contributed by atoms with Crippen LogP contribution in [0.5, 0.6) is 0 Å². The minimum absolute atomic E-state index is 0.0808. The van der Waals surface area contributed by atoms with Gasteiger partial charge in [0.05, 0.1) is 21.1 Å². The summed E-state index contributed by atoms with van der Waals surface area (Å²) >= 11 is 11.9. The predicted octanol–water partition coefficient (Wildman–Crippen LogP) is 3.84. The van der Waals surface area contributed by atoms with Gasteiger partial charge in [0.1, 0.15) is 0 Å². The number of fused-ring (bicyclic) bond motifs is 3. The summed E-state index contributed by atoms with van der Waals surface area (Å²) in [6, 6.07) is 4.87. The largest absolute Gasteiger partial charge is 0.274 e. The zero-order valence-electron chi connectivity index (χ0n) is 11.2. The Bertz CT molecular complexity index is 700. The van der Waals surface area contributed by atoms with Crippen LogP contribution in [-0.4, -0.2) is 11.8 Å². The minimum Gasteiger partial charge on any atom is -0.274 e. The number of carbonyl (C=O) groups is 2. The highest BCUT2D eigenvalue weighted by atomic mass is 35.5. The third kappa shape index (κ3) is 1.74. The molecule has 5 heteroatoms. The Morgan fingerprint density at radius 3 is 2.57 bits per heavy atom. The Kier molecular flexibility index (Phi) is 2.76. The molecule has 1 aliphatic heterocycles. The second-order valence-electron chi connectivity index (χ2n) is 6.16. The summed E-state index contributed by atoms with van der Waals surface area (Å²) in [6.45, 7) is 0. The fourth-order valence-corrected chi connectivity index (χ4v) is 4.34. The van der Waals surface area contributed by atoms with Crippen molar-refractivity contribution < 1.29 is 9.59 Å². The summed E-state index contributed by atoms with van der Waals surface area (Å²) in [6.07, 6.45) is 6.37. The first-order chi connectivity index (χ1) is 10.0. The number of benzene rings is 1. The highest BCUT2D eigenvalue weighted by Crippen LogP contribution is 2.57. The van der Waals surface area contributed by atoms with Gasteiger partial charge in [0.15, 0.2) is 0 Å². The number of hydrogen-bond acceptors (Lipinski definition) is 2. The van der Waals surface area contributed by atoms with Crippen LogP contribution in [0.4, 0.5) is 5.69 Å². The maximum absolute atomic E-state index is 12.9. The van der Waals surface area contributed by atoms with Crippen LogP contribution >= 0.6 is 23.2 Å². The van der Waals surface area contributed by atoms with Crippen LogP contribution in [0.3, 0.4) is 0 Å². The molecule has 2 aliphatic carbocycles. The van der Waals surface area contributed by atoms with Gasteiger partial charge in [-0.05, 0) is 42.9 Å². The van der Waals surface area contributed by atoms with Gasteiger partial charge in [-0.15, -0.1) is 0 Å². The average molecular weight is 322 g/mol. The van der Waals surface area contributed by atoms with Crippen molar-refractivity contribution in [1.29, 1.82) is 0 Å². The molecule has 1 heterocycles. The van der Waals surface area contributed by atoms with E-state index in [1.807, 2.05) is 0 Å². The van der Waals surface area contributed by atoms with Crippen LogP contribution in [0.2, 0.25) is 10.0 Å². The van der Waals surface area contributed by atoms with Crippen LogP contribution in [-0.2, 0) is 9.59 Å². The van der Waals surface area contributed by atoms with Crippen LogP contribution < -0.4 is 4.90 Å². The molecular formula is C16H13Cl2NO2. The third-order valence-electron chi connectivity index (χ3n) is 5.01. The van der Waals surface area contributed by atoms with Gasteiger partial charge in [0, 0.05) is 6.42 Å². The Hall–Kier alpha value is -1.32. The summed E-state index contributed by atoms with van der Waals surface area (Å²) in [5.74, 6) is 0.425. The van der Waals surface area contributed by atoms with Gasteiger partial charge in [0.2, 0.25) is 11.8 Å². The molecule has 1 spiro atoms. The summed E-state index contributed by atoms with van der Waals surface area (Å²) < 4.78 is 0. The van der Waals surface area contributed by atoms with Gasteiger partial charge in [0.25, 0.3) is 0 Å². The van der Waals surface area contributed by atoms with E-state index in [2.05, 4.69) is 12.2 Å². The monoisotopic (exact) mass is 321 g/mol. The quantitative estimate of drug-likeness (QED) is 0.582. The van der Waals surface area contributed by atoms with Gasteiger partial charge in [-0.1, -0.05) is 35.4 Å². The molecule has 2 amide bonds. The van der Waals surface area contributed by atoms with Crippen LogP contribution in [0.1, 0.15) is 19.3 Å². The molecule has 0 radical (unpaired) electrons. The van der Waals surface area contributed by atoms with E-state index in [9.17, 15) is 9.59 Å². The molecule has 1 aromatic rings. The molecule has 1 saturated carbocycles. The molecule has 0 aromatic heterocycles. The topological polar surface area (TPSA) is 37.4 Å². The van der Waals surface area contributed by atoms with E-state index >= 15 is 0 Å². The smallest absolute Gasteiger partial charge is 0.241 e. The summed E-state index contributed by atoms with van der Waals surface area (Å²) in [5, 5.41) is 0.764. The highest BCUT2D eigenvalue weighted by molar-refractivity contribution is 6.42. The second-order valence-corrected chi connectivity index (χ2v) is 6.97. The molecule has 3 aliphatic rings. The number of anilines is 1. The number of imide groups is 1. The lowest BCUT2D eigenvalue weighted by atomic mass is 9.74. The van der Waals surface area contributed by atoms with Crippen molar-refractivity contribution in [3.05, 3.63) is 40.4 Å². The zero-order chi connectivity index (χ0) is 14.8. The predicted molar refractivity (Wildman–Crippen MR) is 81.4 cm³/mol. The number of nitrogens with zero attached hydrogens (tertiary/aromatic N) is 1. The fourth-order valence-electron chi connectivity index (χ4n) is 4.05. The molecule has 2 fully saturated rings. The van der Waals surface area contributed by atoms with Gasteiger partial charge < -0.3 is 0 Å². The van der Waals surface area contributed by atoms with Crippen molar-refractivity contribution in [1.82, 2.24) is 0 Å². The summed E-state index contributed by atoms with van der Waals surface area (Å²) in [7, 11) is 0. The van der Waals surface area contributed by atoms with Crippen molar-refractivity contribution in [3.8, 4) is 0 Å². The van der Waals surface area contributed by atoms with E-state index in [1.165, 1.54) is 4.90 Å². The van der Waals surface area contributed by atoms with Crippen LogP contribution in [0.25, 0.3) is 0 Å². The van der Waals surface area contributed by atoms with Crippen molar-refractivity contribution in [2.24, 2.45) is 17.3 Å². The van der Waals surface area contributed by atoms with Gasteiger partial charge in [-0.3, -0.25) is 9.59 Å². The normalized spacial score (nSPS) is 33.7. The molecule has 3 atom stereocenters. The lowest BCUT2D eigenvalue weighted by molar-refractivity contribution is -0.126. The van der Waals surface area contributed by atoms with Crippen molar-refractivity contribution in [3.63, 3.8) is 0 Å². The van der Waals surface area contributed by atoms with Crippen molar-refractivity contribution in [2.45, 2.75) is 19.3 Å². The van der Waals surface area contributed by atoms with Crippen LogP contribution in [0, 0.1) is 17.3 Å². The van der Waals surface area contributed by atoms with Crippen molar-refractivity contribution >= 4 is 40.7 Å². The van der Waals surface area contributed by atoms with Crippen LogP contribution in [0.15, 0.2) is 30.4 Å². The van der Waals surface area contributed by atoms with E-state index in [-0.39, 0.29) is 17.7 Å². The van der Waals surface area contributed by atoms with E-state index in [1.54, 1.807) is 18.2 Å². The maximum atomic E-state index is 12.9. The molecular weight excluding hydrogens is 309 g/mol. The van der Waals surface area contributed by atoms with Gasteiger partial charge >= 0.3 is 0 Å². The third-order valence-corrected chi connectivity index (χ3v) is 5.75. The Morgan fingerprint density at radius 1 is 1.14 bits per heavy atom. The number of carbonyl (C=O) groups excluding carboxylic acids is 2. The lowest BCUT2D eigenvalue weighted by Gasteiger charge is -2.28. The first kappa shape index (κ1) is 13.4. The fraction of sp³-hybridized carbons (Fsp3) is 0.375. The number of amides is 2. The molecule has 0 unspecified atom stereocenters. The molecule has 0 N–H and O–H groups in total. The zero-order valence-corrected chi connectivity index (χ0v) is 12.7. The van der Waals surface area contributed by atoms with E-state index < -0.39 is 5.41 Å². The first-order valence-corrected chi connectivity index (χ1v) is 7.78. The molecule has 21 heavy (non-hydrogen) atoms. The molecule has 1 saturated heterocycles. The van der Waals surface area contributed by atoms with E-state index in [4.69, 9.17) is 23.2 Å². The first-order valence-electron chi connectivity index (χ1n) is 7.02. The van der Waals surface area contributed by atoms with Gasteiger partial charge in [-0.25, -0.2) is 4.90 Å². The number of rotatable bonds is 1. The molecule has 4 rings (SSSR count). The minimum atomic E-state index is -0.525. The van der Waals surface area contributed by atoms with E-state index in [0.29, 0.717) is 28.1 Å². The Labute approximate surface area is 132 Å². The van der Waals surface area contributed by atoms with Crippen molar-refractivity contribution in [2.75, 3.05) is 4.90 Å². The molecule has 108 valence electrons. The maximum Gasteiger partial charge on any atom is 0.241 e. The summed E-state index contributed by atoms with van der Waals surface area (Å²) in [5.41, 5.74) is -0.00849. The molecule has 3 nitrogen and oxygen atoms in total. The standard InChI is InChI=1S/C16H13Cl2NO2/c17-12-4-3-11(6-13(12)18)19-14(20)8-16(15(19)21)7-9-1-2-10(16)5-9/h1-4,6,9-10H,5,7-8H2/t9-,10-,16-/m1/s1. The highest BCUT2D eigenvalue weighted by Gasteiger charge is 2.60. The summed E-state index contributed by atoms with van der Waals surface area (Å²) in [4.78, 5) is 26.6. The Balaban J connectivity index is 1.74. The average Bonchev–Trinajstić information content (AvgIpc) is 3.09.